The molecule has 19 heavy (non-hydrogen) atoms. The highest BCUT2D eigenvalue weighted by Crippen LogP contribution is 2.27. The third-order valence-corrected chi connectivity index (χ3v) is 3.73. The van der Waals surface area contributed by atoms with E-state index in [1.807, 2.05) is 0 Å². The minimum atomic E-state index is 0.314. The van der Waals surface area contributed by atoms with Gasteiger partial charge in [0, 0.05) is 24.8 Å². The smallest absolute Gasteiger partial charge is 0.119 e. The monoisotopic (exact) mass is 262 g/mol. The van der Waals surface area contributed by atoms with Gasteiger partial charge >= 0.3 is 0 Å². The molecule has 0 saturated carbocycles. The summed E-state index contributed by atoms with van der Waals surface area (Å²) in [4.78, 5) is 2.40. The molecule has 0 spiro atoms. The molecule has 3 nitrogen and oxygen atoms in total. The summed E-state index contributed by atoms with van der Waals surface area (Å²) >= 11 is 0. The van der Waals surface area contributed by atoms with Gasteiger partial charge in [0.05, 0.1) is 6.61 Å². The number of ether oxygens (including phenoxy) is 1. The van der Waals surface area contributed by atoms with Crippen molar-refractivity contribution in [3.05, 3.63) is 23.8 Å². The van der Waals surface area contributed by atoms with Crippen molar-refractivity contribution in [3.63, 3.8) is 0 Å². The molecule has 0 aliphatic carbocycles. The summed E-state index contributed by atoms with van der Waals surface area (Å²) in [5, 5.41) is 0. The summed E-state index contributed by atoms with van der Waals surface area (Å²) < 4.78 is 5.75. The fourth-order valence-electron chi connectivity index (χ4n) is 2.64. The topological polar surface area (TPSA) is 38.5 Å². The van der Waals surface area contributed by atoms with Gasteiger partial charge in [0.15, 0.2) is 0 Å². The summed E-state index contributed by atoms with van der Waals surface area (Å²) in [6.45, 7) is 7.23. The van der Waals surface area contributed by atoms with Gasteiger partial charge < -0.3 is 15.4 Å². The van der Waals surface area contributed by atoms with Gasteiger partial charge in [-0.3, -0.25) is 0 Å². The van der Waals surface area contributed by atoms with Gasteiger partial charge in [0.1, 0.15) is 5.75 Å². The Bertz CT molecular complexity index is 406. The number of anilines is 1. The van der Waals surface area contributed by atoms with E-state index in [2.05, 4.69) is 36.9 Å². The SMILES string of the molecule is CCCCOc1ccc(N2CCCC(N)C2)c(C)c1. The highest BCUT2D eigenvalue weighted by atomic mass is 16.5. The normalized spacial score (nSPS) is 19.5. The molecule has 1 aliphatic heterocycles. The molecule has 1 aromatic rings. The van der Waals surface area contributed by atoms with E-state index >= 15 is 0 Å². The number of hydrogen-bond donors (Lipinski definition) is 1. The number of piperidine rings is 1. The number of unbranched alkanes of at least 4 members (excludes halogenated alkanes) is 1. The number of rotatable bonds is 5. The molecule has 106 valence electrons. The van der Waals surface area contributed by atoms with E-state index in [-0.39, 0.29) is 0 Å². The summed E-state index contributed by atoms with van der Waals surface area (Å²) in [6.07, 6.45) is 4.62. The molecule has 1 aliphatic rings. The maximum Gasteiger partial charge on any atom is 0.119 e. The van der Waals surface area contributed by atoms with E-state index in [1.165, 1.54) is 24.1 Å². The van der Waals surface area contributed by atoms with Crippen molar-refractivity contribution in [2.45, 2.75) is 45.6 Å². The average Bonchev–Trinajstić information content (AvgIpc) is 2.39. The summed E-state index contributed by atoms with van der Waals surface area (Å²) in [6, 6.07) is 6.71. The lowest BCUT2D eigenvalue weighted by Crippen LogP contribution is -2.43. The maximum absolute atomic E-state index is 6.06. The van der Waals surface area contributed by atoms with Gasteiger partial charge in [-0.2, -0.15) is 0 Å². The van der Waals surface area contributed by atoms with Gasteiger partial charge in [0.25, 0.3) is 0 Å². The molecule has 2 N–H and O–H groups in total. The predicted molar refractivity (Wildman–Crippen MR) is 81.0 cm³/mol. The van der Waals surface area contributed by atoms with Crippen molar-refractivity contribution in [1.29, 1.82) is 0 Å². The molecule has 1 atom stereocenters. The van der Waals surface area contributed by atoms with Gasteiger partial charge in [0.2, 0.25) is 0 Å². The molecule has 1 heterocycles. The number of aryl methyl sites for hydroxylation is 1. The largest absolute Gasteiger partial charge is 0.494 e. The fourth-order valence-corrected chi connectivity index (χ4v) is 2.64. The minimum absolute atomic E-state index is 0.314. The van der Waals surface area contributed by atoms with Crippen LogP contribution in [0.25, 0.3) is 0 Å². The number of nitrogens with two attached hydrogens (primary N) is 1. The van der Waals surface area contributed by atoms with Crippen LogP contribution in [-0.4, -0.2) is 25.7 Å². The van der Waals surface area contributed by atoms with Crippen LogP contribution in [0.4, 0.5) is 5.69 Å². The fraction of sp³-hybridized carbons (Fsp3) is 0.625. The Hall–Kier alpha value is -1.22. The van der Waals surface area contributed by atoms with E-state index in [0.717, 1.165) is 38.3 Å². The Kier molecular flexibility index (Phi) is 5.08. The molecule has 1 unspecified atom stereocenters. The van der Waals surface area contributed by atoms with Gasteiger partial charge in [-0.05, 0) is 49.9 Å². The third-order valence-electron chi connectivity index (χ3n) is 3.73. The second-order valence-corrected chi connectivity index (χ2v) is 5.50. The molecular weight excluding hydrogens is 236 g/mol. The second kappa shape index (κ2) is 6.80. The molecule has 3 heteroatoms. The van der Waals surface area contributed by atoms with Gasteiger partial charge in [-0.1, -0.05) is 13.3 Å². The van der Waals surface area contributed by atoms with Crippen LogP contribution in [0.3, 0.4) is 0 Å². The highest BCUT2D eigenvalue weighted by molar-refractivity contribution is 5.56. The average molecular weight is 262 g/mol. The molecule has 1 saturated heterocycles. The highest BCUT2D eigenvalue weighted by Gasteiger charge is 2.18. The Morgan fingerprint density at radius 1 is 1.42 bits per heavy atom. The Morgan fingerprint density at radius 3 is 2.95 bits per heavy atom. The third kappa shape index (κ3) is 3.87. The number of hydrogen-bond acceptors (Lipinski definition) is 3. The van der Waals surface area contributed by atoms with Crippen LogP contribution in [-0.2, 0) is 0 Å². The zero-order valence-electron chi connectivity index (χ0n) is 12.2. The molecule has 1 aromatic carbocycles. The first-order valence-corrected chi connectivity index (χ1v) is 7.44. The molecule has 0 bridgehead atoms. The predicted octanol–water partition coefficient (Wildman–Crippen LogP) is 3.10. The number of nitrogens with zero attached hydrogens (tertiary/aromatic N) is 1. The van der Waals surface area contributed by atoms with Crippen molar-refractivity contribution >= 4 is 5.69 Å². The Labute approximate surface area is 116 Å². The molecular formula is C16H26N2O. The van der Waals surface area contributed by atoms with Crippen molar-refractivity contribution < 1.29 is 4.74 Å². The maximum atomic E-state index is 6.06. The molecule has 0 amide bonds. The van der Waals surface area contributed by atoms with Crippen molar-refractivity contribution in [1.82, 2.24) is 0 Å². The first kappa shape index (κ1) is 14.2. The first-order chi connectivity index (χ1) is 9.20. The first-order valence-electron chi connectivity index (χ1n) is 7.44. The van der Waals surface area contributed by atoms with E-state index in [9.17, 15) is 0 Å². The van der Waals surface area contributed by atoms with E-state index in [4.69, 9.17) is 10.5 Å². The lowest BCUT2D eigenvalue weighted by Gasteiger charge is -2.33. The zero-order chi connectivity index (χ0) is 13.7. The lowest BCUT2D eigenvalue weighted by atomic mass is 10.0. The second-order valence-electron chi connectivity index (χ2n) is 5.50. The van der Waals surface area contributed by atoms with E-state index in [1.54, 1.807) is 0 Å². The minimum Gasteiger partial charge on any atom is -0.494 e. The zero-order valence-corrected chi connectivity index (χ0v) is 12.2. The van der Waals surface area contributed by atoms with Crippen LogP contribution >= 0.6 is 0 Å². The molecule has 1 fully saturated rings. The number of benzene rings is 1. The summed E-state index contributed by atoms with van der Waals surface area (Å²) in [5.41, 5.74) is 8.64. The van der Waals surface area contributed by atoms with Gasteiger partial charge in [-0.25, -0.2) is 0 Å². The molecule has 0 radical (unpaired) electrons. The van der Waals surface area contributed by atoms with E-state index < -0.39 is 0 Å². The summed E-state index contributed by atoms with van der Waals surface area (Å²) in [7, 11) is 0. The van der Waals surface area contributed by atoms with Crippen LogP contribution in [0, 0.1) is 6.92 Å². The van der Waals surface area contributed by atoms with E-state index in [0.29, 0.717) is 6.04 Å². The Balaban J connectivity index is 2.02. The van der Waals surface area contributed by atoms with Crippen LogP contribution in [0.15, 0.2) is 18.2 Å². The van der Waals surface area contributed by atoms with Crippen LogP contribution < -0.4 is 15.4 Å². The molecule has 2 rings (SSSR count). The van der Waals surface area contributed by atoms with Crippen molar-refractivity contribution in [3.8, 4) is 5.75 Å². The van der Waals surface area contributed by atoms with Crippen LogP contribution in [0.5, 0.6) is 5.75 Å². The molecule has 0 aromatic heterocycles. The Morgan fingerprint density at radius 2 is 2.26 bits per heavy atom. The standard InChI is InChI=1S/C16H26N2O/c1-3-4-10-19-15-7-8-16(13(2)11-15)18-9-5-6-14(17)12-18/h7-8,11,14H,3-6,9-10,12,17H2,1-2H3. The van der Waals surface area contributed by atoms with Crippen LogP contribution in [0.2, 0.25) is 0 Å². The van der Waals surface area contributed by atoms with Crippen molar-refractivity contribution in [2.24, 2.45) is 5.73 Å². The van der Waals surface area contributed by atoms with Crippen molar-refractivity contribution in [2.75, 3.05) is 24.6 Å². The summed E-state index contributed by atoms with van der Waals surface area (Å²) in [5.74, 6) is 0.982. The van der Waals surface area contributed by atoms with Gasteiger partial charge in [-0.15, -0.1) is 0 Å². The lowest BCUT2D eigenvalue weighted by molar-refractivity contribution is 0.309. The quantitative estimate of drug-likeness (QED) is 0.829. The van der Waals surface area contributed by atoms with Crippen LogP contribution in [0.1, 0.15) is 38.2 Å².